The summed E-state index contributed by atoms with van der Waals surface area (Å²) in [6, 6.07) is 17.9. The molecule has 0 spiro atoms. The van der Waals surface area contributed by atoms with Crippen molar-refractivity contribution in [1.29, 1.82) is 0 Å². The van der Waals surface area contributed by atoms with Crippen LogP contribution in [-0.4, -0.2) is 0 Å². The van der Waals surface area contributed by atoms with Crippen molar-refractivity contribution in [2.45, 2.75) is 26.7 Å². The molecule has 0 saturated carbocycles. The molecule has 0 aliphatic carbocycles. The van der Waals surface area contributed by atoms with E-state index < -0.39 is 0 Å². The van der Waals surface area contributed by atoms with Crippen LogP contribution in [0.3, 0.4) is 0 Å². The molecule has 0 heterocycles. The lowest BCUT2D eigenvalue weighted by molar-refractivity contribution is 1.14. The SMILES string of the molecule is CCc1cccc(Pc2cccc(CC)c2)c1. The first-order valence-electron chi connectivity index (χ1n) is 6.26. The van der Waals surface area contributed by atoms with E-state index in [1.54, 1.807) is 0 Å². The number of hydrogen-bond donors (Lipinski definition) is 0. The molecule has 0 amide bonds. The van der Waals surface area contributed by atoms with E-state index in [-0.39, 0.29) is 0 Å². The topological polar surface area (TPSA) is 0 Å². The van der Waals surface area contributed by atoms with Gasteiger partial charge in [-0.1, -0.05) is 71.0 Å². The van der Waals surface area contributed by atoms with Crippen molar-refractivity contribution in [3.8, 4) is 0 Å². The van der Waals surface area contributed by atoms with Gasteiger partial charge in [0, 0.05) is 0 Å². The molecule has 17 heavy (non-hydrogen) atoms. The van der Waals surface area contributed by atoms with Gasteiger partial charge in [-0.05, 0) is 34.6 Å². The third-order valence-corrected chi connectivity index (χ3v) is 4.16. The van der Waals surface area contributed by atoms with Crippen molar-refractivity contribution in [3.05, 3.63) is 59.7 Å². The molecular formula is C16H19P. The van der Waals surface area contributed by atoms with Crippen LogP contribution in [0.4, 0.5) is 0 Å². The van der Waals surface area contributed by atoms with Gasteiger partial charge in [0.25, 0.3) is 0 Å². The largest absolute Gasteiger partial charge is 0.0614 e. The molecule has 2 rings (SSSR count). The normalized spacial score (nSPS) is 10.5. The Balaban J connectivity index is 2.18. The van der Waals surface area contributed by atoms with Gasteiger partial charge < -0.3 is 0 Å². The fraction of sp³-hybridized carbons (Fsp3) is 0.250. The maximum atomic E-state index is 2.33. The standard InChI is InChI=1S/C16H19P/c1-3-13-7-5-9-15(11-13)17-16-10-6-8-14(4-2)12-16/h5-12,17H,3-4H2,1-2H3. The minimum atomic E-state index is 0.776. The molecule has 0 aliphatic rings. The molecule has 0 aliphatic heterocycles. The Morgan fingerprint density at radius 3 is 1.65 bits per heavy atom. The van der Waals surface area contributed by atoms with E-state index in [9.17, 15) is 0 Å². The fourth-order valence-corrected chi connectivity index (χ4v) is 3.11. The van der Waals surface area contributed by atoms with E-state index in [0.717, 1.165) is 21.4 Å². The summed E-state index contributed by atoms with van der Waals surface area (Å²) in [6.45, 7) is 4.42. The van der Waals surface area contributed by atoms with Gasteiger partial charge in [0.15, 0.2) is 0 Å². The van der Waals surface area contributed by atoms with Crippen molar-refractivity contribution in [2.24, 2.45) is 0 Å². The molecule has 0 bridgehead atoms. The maximum Gasteiger partial charge on any atom is -0.0223 e. The van der Waals surface area contributed by atoms with Crippen molar-refractivity contribution in [3.63, 3.8) is 0 Å². The molecule has 88 valence electrons. The first kappa shape index (κ1) is 12.3. The van der Waals surface area contributed by atoms with Gasteiger partial charge in [0.1, 0.15) is 0 Å². The zero-order valence-corrected chi connectivity index (χ0v) is 11.5. The first-order chi connectivity index (χ1) is 8.31. The van der Waals surface area contributed by atoms with Crippen molar-refractivity contribution < 1.29 is 0 Å². The van der Waals surface area contributed by atoms with Crippen molar-refractivity contribution in [2.75, 3.05) is 0 Å². The number of rotatable bonds is 4. The highest BCUT2D eigenvalue weighted by atomic mass is 31.1. The van der Waals surface area contributed by atoms with Gasteiger partial charge in [-0.15, -0.1) is 0 Å². The van der Waals surface area contributed by atoms with E-state index in [1.165, 1.54) is 21.7 Å². The van der Waals surface area contributed by atoms with Crippen LogP contribution in [0.25, 0.3) is 0 Å². The highest BCUT2D eigenvalue weighted by molar-refractivity contribution is 7.55. The predicted octanol–water partition coefficient (Wildman–Crippen LogP) is 3.44. The Morgan fingerprint density at radius 1 is 0.765 bits per heavy atom. The molecule has 0 saturated heterocycles. The van der Waals surface area contributed by atoms with E-state index in [2.05, 4.69) is 62.4 Å². The third-order valence-electron chi connectivity index (χ3n) is 2.96. The zero-order valence-electron chi connectivity index (χ0n) is 10.5. The van der Waals surface area contributed by atoms with Crippen LogP contribution >= 0.6 is 8.58 Å². The maximum absolute atomic E-state index is 2.33. The number of aryl methyl sites for hydroxylation is 2. The van der Waals surface area contributed by atoms with E-state index >= 15 is 0 Å². The Hall–Kier alpha value is -1.13. The minimum Gasteiger partial charge on any atom is -0.0614 e. The second-order valence-electron chi connectivity index (χ2n) is 4.23. The van der Waals surface area contributed by atoms with Gasteiger partial charge in [0.2, 0.25) is 0 Å². The second kappa shape index (κ2) is 5.98. The zero-order chi connectivity index (χ0) is 12.1. The fourth-order valence-electron chi connectivity index (χ4n) is 1.90. The van der Waals surface area contributed by atoms with Crippen LogP contribution in [0.15, 0.2) is 48.5 Å². The Morgan fingerprint density at radius 2 is 1.24 bits per heavy atom. The molecule has 0 atom stereocenters. The highest BCUT2D eigenvalue weighted by Gasteiger charge is 1.98. The van der Waals surface area contributed by atoms with Crippen LogP contribution in [0, 0.1) is 0 Å². The van der Waals surface area contributed by atoms with Crippen LogP contribution in [-0.2, 0) is 12.8 Å². The van der Waals surface area contributed by atoms with E-state index in [0.29, 0.717) is 0 Å². The molecule has 2 aromatic carbocycles. The van der Waals surface area contributed by atoms with Gasteiger partial charge in [-0.2, -0.15) is 0 Å². The van der Waals surface area contributed by atoms with Crippen LogP contribution in [0.5, 0.6) is 0 Å². The predicted molar refractivity (Wildman–Crippen MR) is 79.2 cm³/mol. The molecule has 1 heteroatoms. The summed E-state index contributed by atoms with van der Waals surface area (Å²) < 4.78 is 0. The number of benzene rings is 2. The molecule has 0 nitrogen and oxygen atoms in total. The third kappa shape index (κ3) is 3.41. The summed E-state index contributed by atoms with van der Waals surface area (Å²) in [5.74, 6) is 0. The Labute approximate surface area is 106 Å². The molecule has 2 aromatic rings. The quantitative estimate of drug-likeness (QED) is 0.720. The summed E-state index contributed by atoms with van der Waals surface area (Å²) in [5, 5.41) is 2.88. The lowest BCUT2D eigenvalue weighted by Gasteiger charge is -2.06. The van der Waals surface area contributed by atoms with Crippen molar-refractivity contribution in [1.82, 2.24) is 0 Å². The van der Waals surface area contributed by atoms with Crippen LogP contribution in [0.1, 0.15) is 25.0 Å². The average molecular weight is 242 g/mol. The summed E-state index contributed by atoms with van der Waals surface area (Å²) >= 11 is 0. The summed E-state index contributed by atoms with van der Waals surface area (Å²) in [6.07, 6.45) is 2.24. The first-order valence-corrected chi connectivity index (χ1v) is 7.26. The lowest BCUT2D eigenvalue weighted by Crippen LogP contribution is -2.04. The van der Waals surface area contributed by atoms with Crippen LogP contribution < -0.4 is 10.6 Å². The minimum absolute atomic E-state index is 0.776. The molecule has 0 N–H and O–H groups in total. The smallest absolute Gasteiger partial charge is 0.0223 e. The summed E-state index contributed by atoms with van der Waals surface area (Å²) in [7, 11) is 0.776. The molecule has 0 fully saturated rings. The van der Waals surface area contributed by atoms with E-state index in [4.69, 9.17) is 0 Å². The van der Waals surface area contributed by atoms with Gasteiger partial charge in [-0.3, -0.25) is 0 Å². The monoisotopic (exact) mass is 242 g/mol. The Bertz CT molecular complexity index is 443. The molecule has 0 unspecified atom stereocenters. The molecular weight excluding hydrogens is 223 g/mol. The number of hydrogen-bond acceptors (Lipinski definition) is 0. The molecule has 0 radical (unpaired) electrons. The average Bonchev–Trinajstić information content (AvgIpc) is 2.39. The Kier molecular flexibility index (Phi) is 4.34. The van der Waals surface area contributed by atoms with E-state index in [1.807, 2.05) is 0 Å². The van der Waals surface area contributed by atoms with Crippen LogP contribution in [0.2, 0.25) is 0 Å². The molecule has 0 aromatic heterocycles. The van der Waals surface area contributed by atoms with Gasteiger partial charge in [0.05, 0.1) is 0 Å². The van der Waals surface area contributed by atoms with Gasteiger partial charge >= 0.3 is 0 Å². The summed E-state index contributed by atoms with van der Waals surface area (Å²) in [5.41, 5.74) is 2.86. The summed E-state index contributed by atoms with van der Waals surface area (Å²) in [4.78, 5) is 0. The second-order valence-corrected chi connectivity index (χ2v) is 5.64. The van der Waals surface area contributed by atoms with Gasteiger partial charge in [-0.25, -0.2) is 0 Å². The lowest BCUT2D eigenvalue weighted by atomic mass is 10.2. The van der Waals surface area contributed by atoms with Crippen molar-refractivity contribution >= 4 is 19.2 Å². The highest BCUT2D eigenvalue weighted by Crippen LogP contribution is 2.13.